The molecule has 0 amide bonds. The summed E-state index contributed by atoms with van der Waals surface area (Å²) in [6.07, 6.45) is 1.16. The average Bonchev–Trinajstić information content (AvgIpc) is 3.53. The maximum atomic E-state index is 12.9. The van der Waals surface area contributed by atoms with Gasteiger partial charge in [-0.15, -0.1) is 5.10 Å². The van der Waals surface area contributed by atoms with Crippen LogP contribution in [0.4, 0.5) is 0 Å². The molecule has 164 valence electrons. The van der Waals surface area contributed by atoms with E-state index in [0.717, 1.165) is 0 Å². The van der Waals surface area contributed by atoms with Crippen molar-refractivity contribution in [2.45, 2.75) is 6.10 Å². The number of benzene rings is 2. The Morgan fingerprint density at radius 1 is 1.09 bits per heavy atom. The fourth-order valence-corrected chi connectivity index (χ4v) is 4.80. The van der Waals surface area contributed by atoms with E-state index in [1.54, 1.807) is 36.4 Å². The zero-order valence-electron chi connectivity index (χ0n) is 16.7. The summed E-state index contributed by atoms with van der Waals surface area (Å²) in [6, 6.07) is 16.1. The highest BCUT2D eigenvalue weighted by molar-refractivity contribution is 7.15. The second kappa shape index (κ2) is 7.91. The van der Waals surface area contributed by atoms with E-state index in [2.05, 4.69) is 10.1 Å². The number of thiazole rings is 1. The van der Waals surface area contributed by atoms with Crippen LogP contribution in [0.5, 0.6) is 11.5 Å². The third kappa shape index (κ3) is 3.66. The van der Waals surface area contributed by atoms with Gasteiger partial charge in [0, 0.05) is 16.7 Å². The largest absolute Gasteiger partial charge is 0.485 e. The molecule has 5 aromatic rings. The van der Waals surface area contributed by atoms with Crippen molar-refractivity contribution in [2.24, 2.45) is 0 Å². The summed E-state index contributed by atoms with van der Waals surface area (Å²) < 4.78 is 19.3. The quantitative estimate of drug-likeness (QED) is 0.357. The van der Waals surface area contributed by atoms with Crippen molar-refractivity contribution in [1.82, 2.24) is 14.6 Å². The minimum Gasteiger partial charge on any atom is -0.485 e. The van der Waals surface area contributed by atoms with Crippen molar-refractivity contribution in [1.29, 1.82) is 0 Å². The maximum absolute atomic E-state index is 12.9. The third-order valence-corrected chi connectivity index (χ3v) is 6.61. The molecule has 1 atom stereocenters. The van der Waals surface area contributed by atoms with Gasteiger partial charge in [0.15, 0.2) is 23.4 Å². The van der Waals surface area contributed by atoms with Crippen molar-refractivity contribution >= 4 is 45.6 Å². The number of aromatic nitrogens is 3. The molecular weight excluding hydrogens is 485 g/mol. The van der Waals surface area contributed by atoms with Crippen molar-refractivity contribution in [3.05, 3.63) is 91.1 Å². The van der Waals surface area contributed by atoms with E-state index >= 15 is 0 Å². The van der Waals surface area contributed by atoms with Crippen LogP contribution in [-0.4, -0.2) is 21.2 Å². The number of rotatable bonds is 3. The first-order chi connectivity index (χ1) is 16.0. The van der Waals surface area contributed by atoms with Crippen LogP contribution in [0.15, 0.2) is 63.8 Å². The van der Waals surface area contributed by atoms with Gasteiger partial charge in [0.25, 0.3) is 5.56 Å². The zero-order valence-corrected chi connectivity index (χ0v) is 19.0. The molecule has 0 saturated carbocycles. The molecule has 2 aromatic carbocycles. The summed E-state index contributed by atoms with van der Waals surface area (Å²) in [5.74, 6) is 2.75. The molecule has 1 aliphatic rings. The Labute approximate surface area is 200 Å². The van der Waals surface area contributed by atoms with Gasteiger partial charge in [-0.2, -0.15) is 9.50 Å². The molecule has 33 heavy (non-hydrogen) atoms. The van der Waals surface area contributed by atoms with Crippen molar-refractivity contribution < 1.29 is 13.9 Å². The number of hydrogen-bond acceptors (Lipinski definition) is 7. The Bertz CT molecular complexity index is 1620. The molecule has 0 spiro atoms. The minimum absolute atomic E-state index is 0.267. The lowest BCUT2D eigenvalue weighted by atomic mass is 10.2. The van der Waals surface area contributed by atoms with Gasteiger partial charge in [-0.3, -0.25) is 4.79 Å². The first kappa shape index (κ1) is 20.3. The maximum Gasteiger partial charge on any atom is 0.291 e. The standard InChI is InChI=1S/C23H13Cl2N3O4S/c24-12-5-7-15(25)14(9-12)16-8-6-13(31-16)10-20-22(29)28-23(33-20)26-21(27-28)19-11-30-17-3-1-2-4-18(17)32-19/h1-10,19H,11H2. The van der Waals surface area contributed by atoms with Gasteiger partial charge in [-0.25, -0.2) is 0 Å². The van der Waals surface area contributed by atoms with E-state index in [1.165, 1.54) is 15.9 Å². The number of fused-ring (bicyclic) bond motifs is 2. The fourth-order valence-electron chi connectivity index (χ4n) is 3.52. The summed E-state index contributed by atoms with van der Waals surface area (Å²) in [4.78, 5) is 17.8. The minimum atomic E-state index is -0.492. The molecule has 0 N–H and O–H groups in total. The van der Waals surface area contributed by atoms with Crippen molar-refractivity contribution in [3.8, 4) is 22.8 Å². The van der Waals surface area contributed by atoms with Gasteiger partial charge < -0.3 is 13.9 Å². The second-order valence-electron chi connectivity index (χ2n) is 7.27. The molecule has 10 heteroatoms. The molecule has 1 unspecified atom stereocenters. The number of para-hydroxylation sites is 2. The van der Waals surface area contributed by atoms with Crippen LogP contribution < -0.4 is 19.6 Å². The Morgan fingerprint density at radius 3 is 2.79 bits per heavy atom. The predicted octanol–water partition coefficient (Wildman–Crippen LogP) is 4.78. The molecular formula is C23H13Cl2N3O4S. The van der Waals surface area contributed by atoms with Crippen molar-refractivity contribution in [3.63, 3.8) is 0 Å². The number of ether oxygens (including phenoxy) is 2. The highest BCUT2D eigenvalue weighted by Crippen LogP contribution is 2.35. The number of furan rings is 1. The van der Waals surface area contributed by atoms with Gasteiger partial charge in [-0.1, -0.05) is 46.7 Å². The van der Waals surface area contributed by atoms with E-state index in [1.807, 2.05) is 24.3 Å². The number of halogens is 2. The third-order valence-electron chi connectivity index (χ3n) is 5.09. The molecule has 0 radical (unpaired) electrons. The van der Waals surface area contributed by atoms with E-state index in [4.69, 9.17) is 37.1 Å². The first-order valence-electron chi connectivity index (χ1n) is 9.90. The normalized spacial score (nSPS) is 15.9. The van der Waals surface area contributed by atoms with Crippen LogP contribution >= 0.6 is 34.5 Å². The van der Waals surface area contributed by atoms with Gasteiger partial charge in [-0.05, 0) is 42.5 Å². The molecule has 3 aromatic heterocycles. The lowest BCUT2D eigenvalue weighted by Gasteiger charge is -2.24. The molecule has 0 saturated heterocycles. The monoisotopic (exact) mass is 497 g/mol. The fraction of sp³-hybridized carbons (Fsp3) is 0.0870. The Balaban J connectivity index is 1.31. The molecule has 4 heterocycles. The summed E-state index contributed by atoms with van der Waals surface area (Å²) in [7, 11) is 0. The van der Waals surface area contributed by atoms with Crippen molar-refractivity contribution in [2.75, 3.05) is 6.61 Å². The summed E-state index contributed by atoms with van der Waals surface area (Å²) in [5, 5.41) is 5.43. The molecule has 6 rings (SSSR count). The van der Waals surface area contributed by atoms with Gasteiger partial charge in [0.2, 0.25) is 4.96 Å². The summed E-state index contributed by atoms with van der Waals surface area (Å²) in [6.45, 7) is 0.267. The Morgan fingerprint density at radius 2 is 1.94 bits per heavy atom. The van der Waals surface area contributed by atoms with Crippen LogP contribution in [-0.2, 0) is 0 Å². The lowest BCUT2D eigenvalue weighted by molar-refractivity contribution is 0.0852. The molecule has 1 aliphatic heterocycles. The summed E-state index contributed by atoms with van der Waals surface area (Å²) >= 11 is 13.5. The molecule has 0 bridgehead atoms. The Hall–Kier alpha value is -3.33. The lowest BCUT2D eigenvalue weighted by Crippen LogP contribution is -2.26. The van der Waals surface area contributed by atoms with Crippen LogP contribution in [0, 0.1) is 0 Å². The van der Waals surface area contributed by atoms with E-state index < -0.39 is 6.10 Å². The van der Waals surface area contributed by atoms with Crippen LogP contribution in [0.2, 0.25) is 10.0 Å². The van der Waals surface area contributed by atoms with E-state index in [9.17, 15) is 4.79 Å². The second-order valence-corrected chi connectivity index (χ2v) is 9.12. The molecule has 7 nitrogen and oxygen atoms in total. The first-order valence-corrected chi connectivity index (χ1v) is 11.5. The SMILES string of the molecule is O=c1c(=Cc2ccc(-c3cc(Cl)ccc3Cl)o2)sc2nc(C3COc4ccccc4O3)nn12. The zero-order chi connectivity index (χ0) is 22.5. The topological polar surface area (TPSA) is 78.9 Å². The predicted molar refractivity (Wildman–Crippen MR) is 125 cm³/mol. The van der Waals surface area contributed by atoms with Gasteiger partial charge in [0.05, 0.1) is 5.02 Å². The average molecular weight is 498 g/mol. The number of hydrogen-bond donors (Lipinski definition) is 0. The highest BCUT2D eigenvalue weighted by atomic mass is 35.5. The van der Waals surface area contributed by atoms with Crippen LogP contribution in [0.3, 0.4) is 0 Å². The highest BCUT2D eigenvalue weighted by Gasteiger charge is 2.27. The van der Waals surface area contributed by atoms with Gasteiger partial charge >= 0.3 is 0 Å². The molecule has 0 fully saturated rings. The summed E-state index contributed by atoms with van der Waals surface area (Å²) in [5.41, 5.74) is 0.388. The van der Waals surface area contributed by atoms with E-state index in [0.29, 0.717) is 53.9 Å². The molecule has 0 aliphatic carbocycles. The van der Waals surface area contributed by atoms with E-state index in [-0.39, 0.29) is 12.2 Å². The van der Waals surface area contributed by atoms with Gasteiger partial charge in [0.1, 0.15) is 22.7 Å². The van der Waals surface area contributed by atoms with Crippen LogP contribution in [0.25, 0.3) is 22.4 Å². The number of nitrogens with zero attached hydrogens (tertiary/aromatic N) is 3. The van der Waals surface area contributed by atoms with Crippen LogP contribution in [0.1, 0.15) is 17.7 Å². The Kier molecular flexibility index (Phi) is 4.86. The smallest absolute Gasteiger partial charge is 0.291 e.